The summed E-state index contributed by atoms with van der Waals surface area (Å²) in [5.41, 5.74) is 6.27. The van der Waals surface area contributed by atoms with Gasteiger partial charge in [-0.25, -0.2) is 5.43 Å². The van der Waals surface area contributed by atoms with Crippen LogP contribution in [0.3, 0.4) is 0 Å². The molecule has 7 heteroatoms. The number of rotatable bonds is 8. The first-order valence-corrected chi connectivity index (χ1v) is 11.4. The van der Waals surface area contributed by atoms with Crippen LogP contribution in [0.4, 0.5) is 0 Å². The van der Waals surface area contributed by atoms with Crippen molar-refractivity contribution in [3.63, 3.8) is 0 Å². The van der Waals surface area contributed by atoms with Gasteiger partial charge in [-0.05, 0) is 30.7 Å². The lowest BCUT2D eigenvalue weighted by Gasteiger charge is -2.10. The number of aromatic nitrogens is 3. The van der Waals surface area contributed by atoms with Gasteiger partial charge in [0.15, 0.2) is 11.0 Å². The van der Waals surface area contributed by atoms with Gasteiger partial charge >= 0.3 is 0 Å². The number of hydrogen-bond acceptors (Lipinski definition) is 5. The molecule has 0 bridgehead atoms. The van der Waals surface area contributed by atoms with Crippen LogP contribution in [-0.4, -0.2) is 32.1 Å². The fraction of sp³-hybridized carbons (Fsp3) is 0.0769. The van der Waals surface area contributed by atoms with E-state index in [1.54, 1.807) is 0 Å². The lowest BCUT2D eigenvalue weighted by Crippen LogP contribution is -2.20. The van der Waals surface area contributed by atoms with Gasteiger partial charge in [0.1, 0.15) is 0 Å². The molecule has 0 aliphatic carbocycles. The SMILES string of the molecule is CC(/C=C\c1ccccc1)=N/NC(=O)CSc1nnc(-c2ccccc2)n1-c1ccccc1. The third kappa shape index (κ3) is 6.05. The van der Waals surface area contributed by atoms with E-state index < -0.39 is 0 Å². The molecule has 3 aromatic carbocycles. The van der Waals surface area contributed by atoms with E-state index >= 15 is 0 Å². The molecule has 33 heavy (non-hydrogen) atoms. The van der Waals surface area contributed by atoms with Gasteiger partial charge in [-0.15, -0.1) is 10.2 Å². The van der Waals surface area contributed by atoms with Crippen LogP contribution in [0.2, 0.25) is 0 Å². The van der Waals surface area contributed by atoms with Crippen LogP contribution < -0.4 is 5.43 Å². The van der Waals surface area contributed by atoms with Crippen molar-refractivity contribution in [3.8, 4) is 17.1 Å². The minimum absolute atomic E-state index is 0.166. The summed E-state index contributed by atoms with van der Waals surface area (Å²) < 4.78 is 1.96. The van der Waals surface area contributed by atoms with Crippen molar-refractivity contribution >= 4 is 29.5 Å². The largest absolute Gasteiger partial charge is 0.272 e. The first-order chi connectivity index (χ1) is 16.2. The lowest BCUT2D eigenvalue weighted by molar-refractivity contribution is -0.118. The maximum Gasteiger partial charge on any atom is 0.250 e. The van der Waals surface area contributed by atoms with Crippen LogP contribution in [0, 0.1) is 0 Å². The Hall–Kier alpha value is -3.97. The van der Waals surface area contributed by atoms with Crippen LogP contribution in [0.25, 0.3) is 23.2 Å². The van der Waals surface area contributed by atoms with E-state index in [2.05, 4.69) is 20.7 Å². The molecular formula is C26H23N5OS. The van der Waals surface area contributed by atoms with Crippen LogP contribution in [-0.2, 0) is 4.79 Å². The monoisotopic (exact) mass is 453 g/mol. The quantitative estimate of drug-likeness (QED) is 0.225. The Morgan fingerprint density at radius 2 is 1.58 bits per heavy atom. The van der Waals surface area contributed by atoms with E-state index in [0.717, 1.165) is 22.6 Å². The summed E-state index contributed by atoms with van der Waals surface area (Å²) >= 11 is 1.32. The Morgan fingerprint density at radius 1 is 0.939 bits per heavy atom. The zero-order chi connectivity index (χ0) is 22.9. The predicted molar refractivity (Wildman–Crippen MR) is 134 cm³/mol. The fourth-order valence-corrected chi connectivity index (χ4v) is 3.82. The molecule has 164 valence electrons. The highest BCUT2D eigenvalue weighted by Gasteiger charge is 2.17. The topological polar surface area (TPSA) is 72.2 Å². The Bertz CT molecular complexity index is 1250. The van der Waals surface area contributed by atoms with Crippen molar-refractivity contribution in [1.82, 2.24) is 20.2 Å². The highest BCUT2D eigenvalue weighted by Crippen LogP contribution is 2.27. The summed E-state index contributed by atoms with van der Waals surface area (Å²) in [7, 11) is 0. The number of nitrogens with zero attached hydrogens (tertiary/aromatic N) is 4. The number of carbonyl (C=O) groups excluding carboxylic acids is 1. The number of nitrogens with one attached hydrogen (secondary N) is 1. The maximum atomic E-state index is 12.4. The number of hydrogen-bond donors (Lipinski definition) is 1. The molecule has 0 aliphatic heterocycles. The first kappa shape index (κ1) is 22.2. The summed E-state index contributed by atoms with van der Waals surface area (Å²) in [6.45, 7) is 1.84. The van der Waals surface area contributed by atoms with Crippen molar-refractivity contribution in [3.05, 3.63) is 103 Å². The molecule has 0 saturated heterocycles. The molecule has 4 rings (SSSR count). The molecular weight excluding hydrogens is 430 g/mol. The molecule has 1 heterocycles. The number of carbonyl (C=O) groups is 1. The lowest BCUT2D eigenvalue weighted by atomic mass is 10.2. The van der Waals surface area contributed by atoms with Crippen molar-refractivity contribution in [2.24, 2.45) is 5.10 Å². The molecule has 1 amide bonds. The minimum Gasteiger partial charge on any atom is -0.272 e. The van der Waals surface area contributed by atoms with E-state index in [4.69, 9.17) is 0 Å². The number of hydrazone groups is 1. The molecule has 0 saturated carbocycles. The number of benzene rings is 3. The molecule has 0 radical (unpaired) electrons. The zero-order valence-corrected chi connectivity index (χ0v) is 18.9. The van der Waals surface area contributed by atoms with E-state index in [1.807, 2.05) is 115 Å². The Kier molecular flexibility index (Phi) is 7.45. The zero-order valence-electron chi connectivity index (χ0n) is 18.1. The Labute approximate surface area is 197 Å². The Balaban J connectivity index is 1.44. The third-order valence-electron chi connectivity index (χ3n) is 4.69. The van der Waals surface area contributed by atoms with Gasteiger partial charge in [0.2, 0.25) is 0 Å². The standard InChI is InChI=1S/C26H23N5OS/c1-20(17-18-21-11-5-2-6-12-21)27-28-24(32)19-33-26-30-29-25(22-13-7-3-8-14-22)31(26)23-15-9-4-10-16-23/h2-18H,19H2,1H3,(H,28,32)/b18-17-,27-20-. The van der Waals surface area contributed by atoms with Crippen molar-refractivity contribution < 1.29 is 4.79 Å². The van der Waals surface area contributed by atoms with E-state index in [-0.39, 0.29) is 11.7 Å². The van der Waals surface area contributed by atoms with E-state index in [0.29, 0.717) is 10.9 Å². The number of allylic oxidation sites excluding steroid dienone is 1. The molecule has 1 N–H and O–H groups in total. The van der Waals surface area contributed by atoms with Gasteiger partial charge in [-0.2, -0.15) is 5.10 Å². The van der Waals surface area contributed by atoms with Gasteiger partial charge in [0.05, 0.1) is 11.5 Å². The molecule has 4 aromatic rings. The molecule has 0 aliphatic rings. The second-order valence-electron chi connectivity index (χ2n) is 7.16. The Morgan fingerprint density at radius 3 is 2.27 bits per heavy atom. The fourth-order valence-electron chi connectivity index (χ4n) is 3.08. The average molecular weight is 454 g/mol. The predicted octanol–water partition coefficient (Wildman–Crippen LogP) is 5.23. The summed E-state index contributed by atoms with van der Waals surface area (Å²) in [6.07, 6.45) is 3.81. The highest BCUT2D eigenvalue weighted by atomic mass is 32.2. The van der Waals surface area contributed by atoms with E-state index in [1.165, 1.54) is 11.8 Å². The summed E-state index contributed by atoms with van der Waals surface area (Å²) in [5.74, 6) is 0.680. The van der Waals surface area contributed by atoms with Crippen LogP contribution in [0.15, 0.2) is 107 Å². The summed E-state index contributed by atoms with van der Waals surface area (Å²) in [6, 6.07) is 29.7. The number of para-hydroxylation sites is 1. The molecule has 0 unspecified atom stereocenters. The molecule has 0 spiro atoms. The first-order valence-electron chi connectivity index (χ1n) is 10.5. The summed E-state index contributed by atoms with van der Waals surface area (Å²) in [5, 5.41) is 13.5. The van der Waals surface area contributed by atoms with Gasteiger partial charge in [-0.3, -0.25) is 9.36 Å². The second kappa shape index (κ2) is 11.1. The van der Waals surface area contributed by atoms with Gasteiger partial charge in [0, 0.05) is 11.3 Å². The van der Waals surface area contributed by atoms with Crippen LogP contribution in [0.1, 0.15) is 12.5 Å². The average Bonchev–Trinajstić information content (AvgIpc) is 3.30. The van der Waals surface area contributed by atoms with Gasteiger partial charge in [0.25, 0.3) is 5.91 Å². The maximum absolute atomic E-state index is 12.4. The van der Waals surface area contributed by atoms with Crippen molar-refractivity contribution in [2.45, 2.75) is 12.1 Å². The molecule has 0 fully saturated rings. The molecule has 1 aromatic heterocycles. The number of amides is 1. The molecule has 6 nitrogen and oxygen atoms in total. The molecule has 0 atom stereocenters. The van der Waals surface area contributed by atoms with Gasteiger partial charge in [-0.1, -0.05) is 96.7 Å². The van der Waals surface area contributed by atoms with Crippen molar-refractivity contribution in [1.29, 1.82) is 0 Å². The van der Waals surface area contributed by atoms with Gasteiger partial charge < -0.3 is 0 Å². The summed E-state index contributed by atoms with van der Waals surface area (Å²) in [4.78, 5) is 12.4. The van der Waals surface area contributed by atoms with Crippen molar-refractivity contribution in [2.75, 3.05) is 5.75 Å². The van der Waals surface area contributed by atoms with Crippen LogP contribution in [0.5, 0.6) is 0 Å². The minimum atomic E-state index is -0.212. The van der Waals surface area contributed by atoms with E-state index in [9.17, 15) is 4.79 Å². The second-order valence-corrected chi connectivity index (χ2v) is 8.11. The number of thioether (sulfide) groups is 1. The normalized spacial score (nSPS) is 11.6. The highest BCUT2D eigenvalue weighted by molar-refractivity contribution is 7.99. The smallest absolute Gasteiger partial charge is 0.250 e. The van der Waals surface area contributed by atoms with Crippen LogP contribution >= 0.6 is 11.8 Å². The third-order valence-corrected chi connectivity index (χ3v) is 5.61.